The number of nitrogens with two attached hydrogens (primary N) is 1. The molecule has 3 aromatic rings. The van der Waals surface area contributed by atoms with E-state index in [0.717, 1.165) is 0 Å². The van der Waals surface area contributed by atoms with Gasteiger partial charge in [-0.05, 0) is 12.5 Å². The van der Waals surface area contributed by atoms with Gasteiger partial charge in [0.1, 0.15) is 0 Å². The highest BCUT2D eigenvalue weighted by molar-refractivity contribution is 5.55. The highest BCUT2D eigenvalue weighted by atomic mass is 19.2. The topological polar surface area (TPSA) is 56.2 Å². The maximum Gasteiger partial charge on any atom is 0.164 e. The van der Waals surface area contributed by atoms with Crippen LogP contribution in [0.4, 0.5) is 8.78 Å². The standard InChI is InChI=1S/C14H12F2N4/c1-8-2-3-9(13(16)12(8)15)14(17)10-6-19-20-5-4-18-7-11(10)20/h2-7,14H,17H2,1H3. The van der Waals surface area contributed by atoms with Crippen molar-refractivity contribution in [2.24, 2.45) is 5.73 Å². The number of halogens is 2. The minimum Gasteiger partial charge on any atom is -0.320 e. The van der Waals surface area contributed by atoms with Crippen LogP contribution < -0.4 is 5.73 Å². The second kappa shape index (κ2) is 4.64. The van der Waals surface area contributed by atoms with Gasteiger partial charge in [-0.25, -0.2) is 13.3 Å². The van der Waals surface area contributed by atoms with Crippen LogP contribution in [-0.2, 0) is 0 Å². The SMILES string of the molecule is Cc1ccc(C(N)c2cnn3ccncc23)c(F)c1F. The maximum absolute atomic E-state index is 14.0. The van der Waals surface area contributed by atoms with Gasteiger partial charge in [0.15, 0.2) is 11.6 Å². The largest absolute Gasteiger partial charge is 0.320 e. The number of nitrogens with zero attached hydrogens (tertiary/aromatic N) is 3. The first kappa shape index (κ1) is 12.7. The Morgan fingerprint density at radius 2 is 1.95 bits per heavy atom. The van der Waals surface area contributed by atoms with Crippen molar-refractivity contribution in [1.29, 1.82) is 0 Å². The lowest BCUT2D eigenvalue weighted by Crippen LogP contribution is -2.14. The van der Waals surface area contributed by atoms with Crippen LogP contribution >= 0.6 is 0 Å². The summed E-state index contributed by atoms with van der Waals surface area (Å²) in [5, 5.41) is 4.12. The van der Waals surface area contributed by atoms with Gasteiger partial charge in [-0.15, -0.1) is 0 Å². The summed E-state index contributed by atoms with van der Waals surface area (Å²) in [7, 11) is 0. The molecule has 0 aliphatic rings. The number of benzene rings is 1. The maximum atomic E-state index is 14.0. The Balaban J connectivity index is 2.13. The molecular weight excluding hydrogens is 262 g/mol. The summed E-state index contributed by atoms with van der Waals surface area (Å²) >= 11 is 0. The molecule has 0 aliphatic carbocycles. The van der Waals surface area contributed by atoms with Crippen molar-refractivity contribution in [3.8, 4) is 0 Å². The van der Waals surface area contributed by atoms with E-state index >= 15 is 0 Å². The molecule has 2 N–H and O–H groups in total. The predicted octanol–water partition coefficient (Wildman–Crippen LogP) is 2.36. The molecule has 0 saturated heterocycles. The molecule has 0 fully saturated rings. The fourth-order valence-electron chi connectivity index (χ4n) is 2.16. The molecule has 0 aliphatic heterocycles. The van der Waals surface area contributed by atoms with Crippen molar-refractivity contribution in [3.63, 3.8) is 0 Å². The zero-order chi connectivity index (χ0) is 14.3. The van der Waals surface area contributed by atoms with Crippen molar-refractivity contribution in [3.05, 3.63) is 65.2 Å². The van der Waals surface area contributed by atoms with E-state index < -0.39 is 17.7 Å². The molecule has 2 aromatic heterocycles. The van der Waals surface area contributed by atoms with Crippen LogP contribution in [0, 0.1) is 18.6 Å². The van der Waals surface area contributed by atoms with Crippen molar-refractivity contribution in [2.45, 2.75) is 13.0 Å². The Morgan fingerprint density at radius 1 is 1.15 bits per heavy atom. The van der Waals surface area contributed by atoms with Crippen LogP contribution in [0.3, 0.4) is 0 Å². The molecule has 102 valence electrons. The lowest BCUT2D eigenvalue weighted by atomic mass is 9.99. The third-order valence-electron chi connectivity index (χ3n) is 3.33. The number of fused-ring (bicyclic) bond motifs is 1. The number of aryl methyl sites for hydroxylation is 1. The third kappa shape index (κ3) is 1.85. The monoisotopic (exact) mass is 274 g/mol. The predicted molar refractivity (Wildman–Crippen MR) is 70.1 cm³/mol. The molecule has 0 spiro atoms. The van der Waals surface area contributed by atoms with E-state index in [0.29, 0.717) is 11.1 Å². The molecule has 0 bridgehead atoms. The minimum atomic E-state index is -0.916. The zero-order valence-corrected chi connectivity index (χ0v) is 10.7. The smallest absolute Gasteiger partial charge is 0.164 e. The van der Waals surface area contributed by atoms with Crippen molar-refractivity contribution in [1.82, 2.24) is 14.6 Å². The number of hydrogen-bond acceptors (Lipinski definition) is 3. The Bertz CT molecular complexity index is 782. The van der Waals surface area contributed by atoms with Crippen molar-refractivity contribution >= 4 is 5.52 Å². The average molecular weight is 274 g/mol. The van der Waals surface area contributed by atoms with Gasteiger partial charge in [0.25, 0.3) is 0 Å². The molecule has 1 atom stereocenters. The molecule has 2 heterocycles. The van der Waals surface area contributed by atoms with E-state index in [9.17, 15) is 8.78 Å². The van der Waals surface area contributed by atoms with Crippen molar-refractivity contribution in [2.75, 3.05) is 0 Å². The van der Waals surface area contributed by atoms with Crippen LogP contribution in [0.25, 0.3) is 5.52 Å². The second-order valence-electron chi connectivity index (χ2n) is 4.58. The Kier molecular flexibility index (Phi) is 2.94. The van der Waals surface area contributed by atoms with E-state index in [2.05, 4.69) is 10.1 Å². The second-order valence-corrected chi connectivity index (χ2v) is 4.58. The van der Waals surface area contributed by atoms with Crippen LogP contribution in [0.1, 0.15) is 22.7 Å². The summed E-state index contributed by atoms with van der Waals surface area (Å²) in [6.07, 6.45) is 6.38. The highest BCUT2D eigenvalue weighted by Gasteiger charge is 2.20. The molecule has 1 unspecified atom stereocenters. The number of hydrogen-bond donors (Lipinski definition) is 1. The molecular formula is C14H12F2N4. The molecule has 0 amide bonds. The summed E-state index contributed by atoms with van der Waals surface area (Å²) in [4.78, 5) is 3.99. The van der Waals surface area contributed by atoms with E-state index in [-0.39, 0.29) is 11.1 Å². The Morgan fingerprint density at radius 3 is 2.75 bits per heavy atom. The van der Waals surface area contributed by atoms with Gasteiger partial charge in [-0.2, -0.15) is 5.10 Å². The van der Waals surface area contributed by atoms with Crippen molar-refractivity contribution < 1.29 is 8.78 Å². The minimum absolute atomic E-state index is 0.104. The first-order valence-corrected chi connectivity index (χ1v) is 6.07. The van der Waals surface area contributed by atoms with Gasteiger partial charge >= 0.3 is 0 Å². The molecule has 4 nitrogen and oxygen atoms in total. The first-order valence-electron chi connectivity index (χ1n) is 6.07. The fraction of sp³-hybridized carbons (Fsp3) is 0.143. The van der Waals surface area contributed by atoms with E-state index in [1.807, 2.05) is 0 Å². The van der Waals surface area contributed by atoms with Gasteiger partial charge in [0, 0.05) is 23.5 Å². The average Bonchev–Trinajstić information content (AvgIpc) is 2.88. The van der Waals surface area contributed by atoms with E-state index in [4.69, 9.17) is 5.73 Å². The lowest BCUT2D eigenvalue weighted by molar-refractivity contribution is 0.489. The molecule has 20 heavy (non-hydrogen) atoms. The quantitative estimate of drug-likeness (QED) is 0.780. The number of aromatic nitrogens is 3. The molecule has 6 heteroatoms. The highest BCUT2D eigenvalue weighted by Crippen LogP contribution is 2.27. The van der Waals surface area contributed by atoms with Crippen LogP contribution in [0.15, 0.2) is 36.9 Å². The third-order valence-corrected chi connectivity index (χ3v) is 3.33. The van der Waals surface area contributed by atoms with Gasteiger partial charge in [-0.3, -0.25) is 4.98 Å². The normalized spacial score (nSPS) is 12.8. The molecule has 0 saturated carbocycles. The summed E-state index contributed by atoms with van der Waals surface area (Å²) < 4.78 is 29.2. The number of rotatable bonds is 2. The van der Waals surface area contributed by atoms with E-state index in [1.165, 1.54) is 19.1 Å². The molecule has 1 aromatic carbocycles. The first-order chi connectivity index (χ1) is 9.59. The lowest BCUT2D eigenvalue weighted by Gasteiger charge is -2.13. The molecule has 0 radical (unpaired) electrons. The van der Waals surface area contributed by atoms with Crippen LogP contribution in [0.2, 0.25) is 0 Å². The summed E-state index contributed by atoms with van der Waals surface area (Å²) in [6.45, 7) is 1.51. The fourth-order valence-corrected chi connectivity index (χ4v) is 2.16. The van der Waals surface area contributed by atoms with E-state index in [1.54, 1.807) is 29.3 Å². The molecule has 3 rings (SSSR count). The Hall–Kier alpha value is -2.34. The summed E-state index contributed by atoms with van der Waals surface area (Å²) in [5.74, 6) is -1.78. The van der Waals surface area contributed by atoms with Gasteiger partial charge < -0.3 is 5.73 Å². The van der Waals surface area contributed by atoms with Gasteiger partial charge in [0.05, 0.1) is 24.0 Å². The van der Waals surface area contributed by atoms with Gasteiger partial charge in [-0.1, -0.05) is 12.1 Å². The summed E-state index contributed by atoms with van der Waals surface area (Å²) in [5.41, 5.74) is 7.68. The van der Waals surface area contributed by atoms with Crippen LogP contribution in [-0.4, -0.2) is 14.6 Å². The summed E-state index contributed by atoms with van der Waals surface area (Å²) in [6, 6.07) is 2.21. The van der Waals surface area contributed by atoms with Crippen LogP contribution in [0.5, 0.6) is 0 Å². The van der Waals surface area contributed by atoms with Gasteiger partial charge in [0.2, 0.25) is 0 Å². The Labute approximate surface area is 113 Å². The zero-order valence-electron chi connectivity index (χ0n) is 10.7.